The summed E-state index contributed by atoms with van der Waals surface area (Å²) in [6, 6.07) is 5.49. The van der Waals surface area contributed by atoms with Crippen molar-refractivity contribution in [3.05, 3.63) is 35.0 Å². The molecule has 1 heterocycles. The van der Waals surface area contributed by atoms with Crippen molar-refractivity contribution in [3.63, 3.8) is 0 Å². The van der Waals surface area contributed by atoms with Crippen LogP contribution in [0.3, 0.4) is 0 Å². The minimum atomic E-state index is -0.657. The first-order chi connectivity index (χ1) is 13.7. The van der Waals surface area contributed by atoms with Crippen molar-refractivity contribution < 1.29 is 23.8 Å². The minimum absolute atomic E-state index is 0.0357. The maximum atomic E-state index is 13.2. The van der Waals surface area contributed by atoms with Crippen LogP contribution in [0.1, 0.15) is 52.0 Å². The number of nitrogens with zero attached hydrogens (tertiary/aromatic N) is 1. The van der Waals surface area contributed by atoms with Gasteiger partial charge in [0.2, 0.25) is 0 Å². The molecular formula is C23H29NO5. The topological polar surface area (TPSA) is 74.2 Å². The molecule has 0 fully saturated rings. The van der Waals surface area contributed by atoms with Crippen molar-refractivity contribution in [1.29, 1.82) is 0 Å². The summed E-state index contributed by atoms with van der Waals surface area (Å²) in [7, 11) is 3.15. The molecule has 0 amide bonds. The van der Waals surface area contributed by atoms with E-state index in [-0.39, 0.29) is 23.8 Å². The van der Waals surface area contributed by atoms with Gasteiger partial charge in [-0.3, -0.25) is 14.6 Å². The van der Waals surface area contributed by atoms with Crippen LogP contribution >= 0.6 is 0 Å². The minimum Gasteiger partial charge on any atom is -0.497 e. The fourth-order valence-electron chi connectivity index (χ4n) is 4.35. The second kappa shape index (κ2) is 8.01. The van der Waals surface area contributed by atoms with E-state index in [9.17, 15) is 9.59 Å². The maximum absolute atomic E-state index is 13.2. The summed E-state index contributed by atoms with van der Waals surface area (Å²) in [4.78, 5) is 30.8. The molecule has 2 aliphatic rings. The Hall–Kier alpha value is -2.63. The van der Waals surface area contributed by atoms with Crippen LogP contribution in [0.2, 0.25) is 0 Å². The second-order valence-electron chi connectivity index (χ2n) is 8.41. The molecule has 0 bridgehead atoms. The number of hydrogen-bond acceptors (Lipinski definition) is 6. The normalized spacial score (nSPS) is 23.2. The van der Waals surface area contributed by atoms with Crippen LogP contribution in [0.4, 0.5) is 0 Å². The van der Waals surface area contributed by atoms with Gasteiger partial charge in [0, 0.05) is 35.4 Å². The zero-order valence-corrected chi connectivity index (χ0v) is 18.0. The zero-order valence-electron chi connectivity index (χ0n) is 18.0. The Kier molecular flexibility index (Phi) is 5.82. The van der Waals surface area contributed by atoms with Crippen LogP contribution in [0.5, 0.6) is 11.5 Å². The molecule has 3 rings (SSSR count). The highest BCUT2D eigenvalue weighted by atomic mass is 16.5. The van der Waals surface area contributed by atoms with Gasteiger partial charge in [-0.05, 0) is 43.4 Å². The number of ketones is 1. The molecular weight excluding hydrogens is 370 g/mol. The van der Waals surface area contributed by atoms with Crippen LogP contribution in [0.25, 0.3) is 0 Å². The van der Waals surface area contributed by atoms with Crippen LogP contribution in [0.15, 0.2) is 34.5 Å². The van der Waals surface area contributed by atoms with Crippen LogP contribution in [-0.4, -0.2) is 38.3 Å². The number of ether oxygens (including phenoxy) is 3. The standard InChI is InChI=1S/C23H29NO5/c1-7-29-22(26)19-13(2)24-17-11-23(3,4)12-18(25)21(17)20(19)14-8-15(27-5)10-16(9-14)28-6/h8-10,19-20H,7,11-12H2,1-6H3/t19?,20-/m0/s1. The quantitative estimate of drug-likeness (QED) is 0.698. The van der Waals surface area contributed by atoms with E-state index in [1.165, 1.54) is 0 Å². The summed E-state index contributed by atoms with van der Waals surface area (Å²) in [5.41, 5.74) is 2.68. The van der Waals surface area contributed by atoms with E-state index < -0.39 is 11.8 Å². The van der Waals surface area contributed by atoms with Crippen molar-refractivity contribution in [2.45, 2.75) is 46.5 Å². The molecule has 0 spiro atoms. The van der Waals surface area contributed by atoms with Crippen molar-refractivity contribution in [2.75, 3.05) is 20.8 Å². The monoisotopic (exact) mass is 399 g/mol. The van der Waals surface area contributed by atoms with E-state index in [0.717, 1.165) is 11.3 Å². The van der Waals surface area contributed by atoms with E-state index in [4.69, 9.17) is 19.2 Å². The molecule has 6 heteroatoms. The van der Waals surface area contributed by atoms with E-state index in [2.05, 4.69) is 13.8 Å². The van der Waals surface area contributed by atoms with E-state index in [1.54, 1.807) is 27.2 Å². The number of Topliss-reactive ketones (excluding diaryl/α,β-unsaturated/α-hetero) is 1. The van der Waals surface area contributed by atoms with Gasteiger partial charge in [-0.1, -0.05) is 13.8 Å². The Labute approximate surface area is 171 Å². The molecule has 0 aromatic heterocycles. The largest absolute Gasteiger partial charge is 0.497 e. The van der Waals surface area contributed by atoms with Gasteiger partial charge in [0.15, 0.2) is 5.78 Å². The summed E-state index contributed by atoms with van der Waals surface area (Å²) >= 11 is 0. The maximum Gasteiger partial charge on any atom is 0.315 e. The Morgan fingerprint density at radius 1 is 1.14 bits per heavy atom. The first-order valence-corrected chi connectivity index (χ1v) is 9.91. The number of rotatable bonds is 5. The van der Waals surface area contributed by atoms with Gasteiger partial charge in [-0.2, -0.15) is 0 Å². The lowest BCUT2D eigenvalue weighted by atomic mass is 9.67. The molecule has 2 atom stereocenters. The third-order valence-electron chi connectivity index (χ3n) is 5.58. The highest BCUT2D eigenvalue weighted by Crippen LogP contribution is 2.48. The van der Waals surface area contributed by atoms with Crippen molar-refractivity contribution >= 4 is 17.5 Å². The Balaban J connectivity index is 2.22. The molecule has 1 aliphatic heterocycles. The Morgan fingerprint density at radius 3 is 2.31 bits per heavy atom. The molecule has 1 aromatic carbocycles. The summed E-state index contributed by atoms with van der Waals surface area (Å²) in [6.45, 7) is 8.02. The third kappa shape index (κ3) is 4.07. The van der Waals surface area contributed by atoms with Crippen molar-refractivity contribution in [2.24, 2.45) is 16.3 Å². The number of allylic oxidation sites excluding steroid dienone is 2. The first kappa shape index (κ1) is 21.1. The van der Waals surface area contributed by atoms with Gasteiger partial charge >= 0.3 is 5.97 Å². The van der Waals surface area contributed by atoms with E-state index in [0.29, 0.717) is 35.6 Å². The van der Waals surface area contributed by atoms with Crippen LogP contribution in [-0.2, 0) is 14.3 Å². The molecule has 1 unspecified atom stereocenters. The zero-order chi connectivity index (χ0) is 21.3. The fourth-order valence-corrected chi connectivity index (χ4v) is 4.35. The lowest BCUT2D eigenvalue weighted by Crippen LogP contribution is -2.39. The number of carbonyl (C=O) groups excluding carboxylic acids is 2. The number of aliphatic imine (C=N–C) groups is 1. The van der Waals surface area contributed by atoms with Crippen LogP contribution in [0, 0.1) is 11.3 Å². The Bertz CT molecular complexity index is 874. The van der Waals surface area contributed by atoms with E-state index >= 15 is 0 Å². The molecule has 29 heavy (non-hydrogen) atoms. The predicted molar refractivity (Wildman–Crippen MR) is 111 cm³/mol. The molecule has 0 radical (unpaired) electrons. The van der Waals surface area contributed by atoms with Gasteiger partial charge in [-0.15, -0.1) is 0 Å². The number of hydrogen-bond donors (Lipinski definition) is 0. The number of esters is 1. The van der Waals surface area contributed by atoms with Gasteiger partial charge in [0.1, 0.15) is 17.4 Å². The van der Waals surface area contributed by atoms with Gasteiger partial charge in [0.25, 0.3) is 0 Å². The van der Waals surface area contributed by atoms with Gasteiger partial charge in [0.05, 0.1) is 20.8 Å². The smallest absolute Gasteiger partial charge is 0.315 e. The van der Waals surface area contributed by atoms with Crippen molar-refractivity contribution in [3.8, 4) is 11.5 Å². The SMILES string of the molecule is CCOC(=O)C1C(C)=NC2=C(C(=O)CC(C)(C)C2)[C@H]1c1cc(OC)cc(OC)c1. The van der Waals surface area contributed by atoms with E-state index in [1.807, 2.05) is 19.1 Å². The average molecular weight is 399 g/mol. The second-order valence-corrected chi connectivity index (χ2v) is 8.41. The molecule has 1 aromatic rings. The van der Waals surface area contributed by atoms with Crippen molar-refractivity contribution in [1.82, 2.24) is 0 Å². The molecule has 0 saturated heterocycles. The predicted octanol–water partition coefficient (Wildman–Crippen LogP) is 4.08. The number of benzene rings is 1. The highest BCUT2D eigenvalue weighted by molar-refractivity contribution is 6.09. The first-order valence-electron chi connectivity index (χ1n) is 9.91. The average Bonchev–Trinajstić information content (AvgIpc) is 2.65. The fraction of sp³-hybridized carbons (Fsp3) is 0.522. The molecule has 6 nitrogen and oxygen atoms in total. The summed E-state index contributed by atoms with van der Waals surface area (Å²) in [5, 5.41) is 0. The van der Waals surface area contributed by atoms with Gasteiger partial charge < -0.3 is 14.2 Å². The third-order valence-corrected chi connectivity index (χ3v) is 5.58. The van der Waals surface area contributed by atoms with Gasteiger partial charge in [-0.25, -0.2) is 0 Å². The Morgan fingerprint density at radius 2 is 1.76 bits per heavy atom. The summed E-state index contributed by atoms with van der Waals surface area (Å²) in [5.74, 6) is -0.260. The lowest BCUT2D eigenvalue weighted by Gasteiger charge is -2.39. The molecule has 0 saturated carbocycles. The molecule has 156 valence electrons. The summed E-state index contributed by atoms with van der Waals surface area (Å²) < 4.78 is 16.2. The lowest BCUT2D eigenvalue weighted by molar-refractivity contribution is -0.146. The van der Waals surface area contributed by atoms with Crippen LogP contribution < -0.4 is 9.47 Å². The molecule has 1 aliphatic carbocycles. The highest BCUT2D eigenvalue weighted by Gasteiger charge is 2.46. The summed E-state index contributed by atoms with van der Waals surface area (Å²) in [6.07, 6.45) is 1.12. The molecule has 0 N–H and O–H groups in total. The number of methoxy groups -OCH3 is 2. The number of carbonyl (C=O) groups is 2.